The molecule has 0 aromatic rings. The molecule has 4 nitrogen and oxygen atoms in total. The van der Waals surface area contributed by atoms with Crippen molar-refractivity contribution in [2.75, 3.05) is 19.3 Å². The van der Waals surface area contributed by atoms with E-state index in [1.54, 1.807) is 4.31 Å². The summed E-state index contributed by atoms with van der Waals surface area (Å²) in [5.74, 6) is 0. The SMILES string of the molecule is CC(C)NCCC1CCCCN1S(C)(=O)=O.[HH]. The first-order valence-corrected chi connectivity index (χ1v) is 7.96. The van der Waals surface area contributed by atoms with Crippen LogP contribution < -0.4 is 5.32 Å². The topological polar surface area (TPSA) is 49.4 Å². The van der Waals surface area contributed by atoms with Crippen LogP contribution in [-0.2, 0) is 10.0 Å². The lowest BCUT2D eigenvalue weighted by Crippen LogP contribution is -2.44. The monoisotopic (exact) mass is 250 g/mol. The molecule has 0 spiro atoms. The van der Waals surface area contributed by atoms with Crippen molar-refractivity contribution in [1.29, 1.82) is 0 Å². The molecule has 0 aromatic carbocycles. The number of hydrogen-bond donors (Lipinski definition) is 1. The molecular formula is C11H26N2O2S. The summed E-state index contributed by atoms with van der Waals surface area (Å²) in [6.45, 7) is 5.81. The maximum atomic E-state index is 11.6. The Kier molecular flexibility index (Phi) is 5.21. The number of rotatable bonds is 5. The van der Waals surface area contributed by atoms with E-state index in [1.807, 2.05) is 0 Å². The highest BCUT2D eigenvalue weighted by Crippen LogP contribution is 2.21. The molecular weight excluding hydrogens is 224 g/mol. The van der Waals surface area contributed by atoms with Gasteiger partial charge in [0, 0.05) is 20.1 Å². The van der Waals surface area contributed by atoms with Crippen molar-refractivity contribution in [2.24, 2.45) is 0 Å². The molecule has 0 bridgehead atoms. The third-order valence-electron chi connectivity index (χ3n) is 3.03. The highest BCUT2D eigenvalue weighted by Gasteiger charge is 2.28. The Morgan fingerprint density at radius 2 is 2.12 bits per heavy atom. The molecule has 1 fully saturated rings. The molecule has 0 radical (unpaired) electrons. The minimum Gasteiger partial charge on any atom is -0.314 e. The van der Waals surface area contributed by atoms with Gasteiger partial charge in [0.25, 0.3) is 0 Å². The molecule has 98 valence electrons. The molecule has 1 saturated heterocycles. The van der Waals surface area contributed by atoms with E-state index in [0.717, 1.165) is 32.2 Å². The van der Waals surface area contributed by atoms with Crippen LogP contribution in [-0.4, -0.2) is 44.2 Å². The summed E-state index contributed by atoms with van der Waals surface area (Å²) in [6.07, 6.45) is 5.40. The van der Waals surface area contributed by atoms with E-state index in [2.05, 4.69) is 19.2 Å². The smallest absolute Gasteiger partial charge is 0.211 e. The number of sulfonamides is 1. The third kappa shape index (κ3) is 4.39. The molecule has 0 saturated carbocycles. The van der Waals surface area contributed by atoms with E-state index in [9.17, 15) is 8.42 Å². The Balaban J connectivity index is 0.00000256. The lowest BCUT2D eigenvalue weighted by Gasteiger charge is -2.33. The van der Waals surface area contributed by atoms with Crippen molar-refractivity contribution in [3.63, 3.8) is 0 Å². The van der Waals surface area contributed by atoms with Crippen molar-refractivity contribution >= 4 is 10.0 Å². The van der Waals surface area contributed by atoms with Gasteiger partial charge in [-0.2, -0.15) is 4.31 Å². The van der Waals surface area contributed by atoms with Crippen LogP contribution in [0.1, 0.15) is 41.0 Å². The van der Waals surface area contributed by atoms with Crippen LogP contribution in [0.4, 0.5) is 0 Å². The van der Waals surface area contributed by atoms with Crippen LogP contribution >= 0.6 is 0 Å². The van der Waals surface area contributed by atoms with Crippen molar-refractivity contribution in [3.05, 3.63) is 0 Å². The zero-order chi connectivity index (χ0) is 12.2. The van der Waals surface area contributed by atoms with Gasteiger partial charge in [-0.25, -0.2) is 8.42 Å². The van der Waals surface area contributed by atoms with E-state index >= 15 is 0 Å². The Bertz CT molecular complexity index is 307. The fraction of sp³-hybridized carbons (Fsp3) is 1.00. The molecule has 1 N–H and O–H groups in total. The average molecular weight is 250 g/mol. The minimum atomic E-state index is -3.02. The van der Waals surface area contributed by atoms with Crippen molar-refractivity contribution in [2.45, 2.75) is 51.6 Å². The largest absolute Gasteiger partial charge is 0.314 e. The van der Waals surface area contributed by atoms with Gasteiger partial charge in [0.05, 0.1) is 6.26 Å². The number of nitrogens with one attached hydrogen (secondary N) is 1. The van der Waals surface area contributed by atoms with Gasteiger partial charge in [0.2, 0.25) is 10.0 Å². The Labute approximate surface area is 101 Å². The summed E-state index contributed by atoms with van der Waals surface area (Å²) in [6, 6.07) is 0.672. The molecule has 1 heterocycles. The summed E-state index contributed by atoms with van der Waals surface area (Å²) in [5, 5.41) is 3.34. The second kappa shape index (κ2) is 5.98. The second-order valence-electron chi connectivity index (χ2n) is 4.92. The van der Waals surface area contributed by atoms with Gasteiger partial charge in [-0.15, -0.1) is 0 Å². The van der Waals surface area contributed by atoms with Crippen LogP contribution in [0.3, 0.4) is 0 Å². The molecule has 1 aliphatic heterocycles. The van der Waals surface area contributed by atoms with E-state index in [1.165, 1.54) is 6.26 Å². The third-order valence-corrected chi connectivity index (χ3v) is 4.36. The molecule has 0 amide bonds. The van der Waals surface area contributed by atoms with Crippen LogP contribution in [0.2, 0.25) is 0 Å². The van der Waals surface area contributed by atoms with Crippen LogP contribution in [0.15, 0.2) is 0 Å². The maximum absolute atomic E-state index is 11.6. The van der Waals surface area contributed by atoms with Crippen molar-refractivity contribution in [1.82, 2.24) is 9.62 Å². The second-order valence-corrected chi connectivity index (χ2v) is 6.86. The lowest BCUT2D eigenvalue weighted by molar-refractivity contribution is 0.239. The molecule has 1 aliphatic rings. The normalized spacial score (nSPS) is 23.9. The minimum absolute atomic E-state index is 0. The predicted octanol–water partition coefficient (Wildman–Crippen LogP) is 1.43. The number of piperidine rings is 1. The Morgan fingerprint density at radius 3 is 2.69 bits per heavy atom. The Morgan fingerprint density at radius 1 is 1.44 bits per heavy atom. The highest BCUT2D eigenvalue weighted by atomic mass is 32.2. The van der Waals surface area contributed by atoms with Crippen molar-refractivity contribution in [3.8, 4) is 0 Å². The van der Waals surface area contributed by atoms with Gasteiger partial charge in [-0.3, -0.25) is 0 Å². The van der Waals surface area contributed by atoms with Crippen LogP contribution in [0, 0.1) is 0 Å². The van der Waals surface area contributed by atoms with Gasteiger partial charge in [-0.05, 0) is 25.8 Å². The zero-order valence-corrected chi connectivity index (χ0v) is 11.4. The van der Waals surface area contributed by atoms with E-state index in [0.29, 0.717) is 12.6 Å². The molecule has 1 unspecified atom stereocenters. The summed E-state index contributed by atoms with van der Waals surface area (Å²) in [5.41, 5.74) is 0. The average Bonchev–Trinajstić information content (AvgIpc) is 2.16. The standard InChI is InChI=1S/C11H24N2O2S.H2/c1-10(2)12-8-7-11-6-4-5-9-13(11)16(3,14)15;/h10-12H,4-9H2,1-3H3;1H. The van der Waals surface area contributed by atoms with E-state index < -0.39 is 10.0 Å². The molecule has 1 atom stereocenters. The molecule has 5 heteroatoms. The fourth-order valence-corrected chi connectivity index (χ4v) is 3.45. The van der Waals surface area contributed by atoms with Gasteiger partial charge >= 0.3 is 0 Å². The first-order chi connectivity index (χ1) is 7.41. The number of hydrogen-bond acceptors (Lipinski definition) is 3. The van der Waals surface area contributed by atoms with Gasteiger partial charge in [0.15, 0.2) is 0 Å². The number of nitrogens with zero attached hydrogens (tertiary/aromatic N) is 1. The predicted molar refractivity (Wildman–Crippen MR) is 69.1 cm³/mol. The van der Waals surface area contributed by atoms with Crippen LogP contribution in [0.25, 0.3) is 0 Å². The van der Waals surface area contributed by atoms with E-state index in [-0.39, 0.29) is 7.47 Å². The molecule has 1 rings (SSSR count). The molecule has 16 heavy (non-hydrogen) atoms. The maximum Gasteiger partial charge on any atom is 0.211 e. The van der Waals surface area contributed by atoms with E-state index in [4.69, 9.17) is 0 Å². The fourth-order valence-electron chi connectivity index (χ4n) is 2.24. The summed E-state index contributed by atoms with van der Waals surface area (Å²) >= 11 is 0. The highest BCUT2D eigenvalue weighted by molar-refractivity contribution is 7.88. The lowest BCUT2D eigenvalue weighted by atomic mass is 10.0. The zero-order valence-electron chi connectivity index (χ0n) is 10.6. The first kappa shape index (κ1) is 13.9. The summed E-state index contributed by atoms with van der Waals surface area (Å²) < 4.78 is 24.9. The van der Waals surface area contributed by atoms with Gasteiger partial charge in [-0.1, -0.05) is 20.3 Å². The first-order valence-electron chi connectivity index (χ1n) is 6.11. The molecule has 0 aromatic heterocycles. The van der Waals surface area contributed by atoms with Crippen LogP contribution in [0.5, 0.6) is 0 Å². The molecule has 0 aliphatic carbocycles. The quantitative estimate of drug-likeness (QED) is 0.803. The summed E-state index contributed by atoms with van der Waals surface area (Å²) in [7, 11) is -3.02. The van der Waals surface area contributed by atoms with Gasteiger partial charge in [0.1, 0.15) is 0 Å². The Hall–Kier alpha value is -0.130. The summed E-state index contributed by atoms with van der Waals surface area (Å²) in [4.78, 5) is 0. The van der Waals surface area contributed by atoms with Gasteiger partial charge < -0.3 is 5.32 Å². The van der Waals surface area contributed by atoms with Crippen molar-refractivity contribution < 1.29 is 9.84 Å².